The van der Waals surface area contributed by atoms with Crippen LogP contribution in [-0.2, 0) is 6.42 Å². The minimum Gasteiger partial charge on any atom is -0.367 e. The van der Waals surface area contributed by atoms with E-state index in [1.807, 2.05) is 23.6 Å². The molecule has 0 amide bonds. The number of hydrogen-bond acceptors (Lipinski definition) is 7. The molecule has 2 atom stereocenters. The number of benzene rings is 2. The van der Waals surface area contributed by atoms with E-state index in [1.54, 1.807) is 11.1 Å². The fraction of sp³-hybridized carbons (Fsp3) is 0.259. The van der Waals surface area contributed by atoms with Crippen LogP contribution >= 0.6 is 11.6 Å². The van der Waals surface area contributed by atoms with Gasteiger partial charge in [-0.2, -0.15) is 14.8 Å². The quantitative estimate of drug-likeness (QED) is 0.231. The fourth-order valence-corrected chi connectivity index (χ4v) is 4.99. The lowest BCUT2D eigenvalue weighted by molar-refractivity contribution is 0.416. The SMILES string of the molecule is CCc1nnn([C@@H]2C=C[C@H](n3cnc4c(NCC(c5ccccc5)c5ccccc5)nc(Cl)nc43)C2)n1. The van der Waals surface area contributed by atoms with Gasteiger partial charge in [-0.1, -0.05) is 79.7 Å². The van der Waals surface area contributed by atoms with Crippen molar-refractivity contribution in [3.8, 4) is 0 Å². The predicted octanol–water partition coefficient (Wildman–Crippen LogP) is 5.01. The Morgan fingerprint density at radius 2 is 1.68 bits per heavy atom. The molecule has 1 N–H and O–H groups in total. The summed E-state index contributed by atoms with van der Waals surface area (Å²) in [6, 6.07) is 21.0. The Hall–Kier alpha value is -4.11. The number of allylic oxidation sites excluding steroid dienone is 2. The topological polar surface area (TPSA) is 99.2 Å². The van der Waals surface area contributed by atoms with Crippen LogP contribution < -0.4 is 5.32 Å². The van der Waals surface area contributed by atoms with Crippen LogP contribution in [0.3, 0.4) is 0 Å². The normalized spacial score (nSPS) is 17.2. The van der Waals surface area contributed by atoms with Crippen molar-refractivity contribution < 1.29 is 0 Å². The first-order valence-electron chi connectivity index (χ1n) is 12.4. The van der Waals surface area contributed by atoms with E-state index in [0.29, 0.717) is 23.5 Å². The Balaban J connectivity index is 1.26. The molecular formula is C27H26ClN9. The number of halogens is 1. The number of tetrazole rings is 1. The van der Waals surface area contributed by atoms with Gasteiger partial charge >= 0.3 is 0 Å². The van der Waals surface area contributed by atoms with Crippen molar-refractivity contribution in [2.75, 3.05) is 11.9 Å². The van der Waals surface area contributed by atoms with Crippen molar-refractivity contribution in [3.05, 3.63) is 101 Å². The molecule has 186 valence electrons. The van der Waals surface area contributed by atoms with Gasteiger partial charge in [0.25, 0.3) is 0 Å². The third-order valence-corrected chi connectivity index (χ3v) is 6.92. The minimum absolute atomic E-state index is 0.0302. The van der Waals surface area contributed by atoms with E-state index < -0.39 is 0 Å². The largest absolute Gasteiger partial charge is 0.367 e. The summed E-state index contributed by atoms with van der Waals surface area (Å²) < 4.78 is 2.04. The highest BCUT2D eigenvalue weighted by atomic mass is 35.5. The lowest BCUT2D eigenvalue weighted by Gasteiger charge is -2.19. The Bertz CT molecular complexity index is 1490. The number of nitrogens with one attached hydrogen (secondary N) is 1. The monoisotopic (exact) mass is 511 g/mol. The van der Waals surface area contributed by atoms with E-state index in [0.717, 1.165) is 18.7 Å². The summed E-state index contributed by atoms with van der Waals surface area (Å²) in [5, 5.41) is 16.5. The van der Waals surface area contributed by atoms with Gasteiger partial charge in [-0.25, -0.2) is 4.98 Å². The number of rotatable bonds is 8. The van der Waals surface area contributed by atoms with E-state index in [2.05, 4.69) is 96.4 Å². The summed E-state index contributed by atoms with van der Waals surface area (Å²) in [4.78, 5) is 15.4. The molecule has 0 radical (unpaired) electrons. The highest BCUT2D eigenvalue weighted by Crippen LogP contribution is 2.34. The second-order valence-electron chi connectivity index (χ2n) is 9.06. The fourth-order valence-electron chi connectivity index (χ4n) is 4.83. The summed E-state index contributed by atoms with van der Waals surface area (Å²) in [6.07, 6.45) is 7.57. The first-order valence-corrected chi connectivity index (χ1v) is 12.8. The van der Waals surface area contributed by atoms with Gasteiger partial charge in [-0.15, -0.1) is 10.2 Å². The van der Waals surface area contributed by atoms with Crippen LogP contribution in [0, 0.1) is 0 Å². The van der Waals surface area contributed by atoms with Crippen LogP contribution in [0.1, 0.15) is 48.3 Å². The highest BCUT2D eigenvalue weighted by molar-refractivity contribution is 6.28. The van der Waals surface area contributed by atoms with Crippen molar-refractivity contribution in [1.29, 1.82) is 0 Å². The highest BCUT2D eigenvalue weighted by Gasteiger charge is 2.26. The first-order chi connectivity index (χ1) is 18.2. The molecule has 5 aromatic rings. The number of nitrogens with zero attached hydrogens (tertiary/aromatic N) is 8. The molecule has 3 heterocycles. The molecule has 6 rings (SSSR count). The summed E-state index contributed by atoms with van der Waals surface area (Å²) in [5.74, 6) is 1.49. The Morgan fingerprint density at radius 1 is 0.973 bits per heavy atom. The van der Waals surface area contributed by atoms with Crippen LogP contribution in [0.4, 0.5) is 5.82 Å². The maximum atomic E-state index is 6.40. The van der Waals surface area contributed by atoms with Crippen LogP contribution in [0.15, 0.2) is 79.1 Å². The molecule has 0 spiro atoms. The summed E-state index contributed by atoms with van der Waals surface area (Å²) in [7, 11) is 0. The molecule has 2 aromatic carbocycles. The van der Waals surface area contributed by atoms with Gasteiger partial charge in [0.15, 0.2) is 22.8 Å². The Labute approximate surface area is 219 Å². The number of fused-ring (bicyclic) bond motifs is 1. The average Bonchev–Trinajstić information content (AvgIpc) is 3.69. The standard InChI is InChI=1S/C27H26ClN9/c1-2-23-33-35-37(34-23)21-14-13-20(15-21)36-17-30-24-25(31-27(28)32-26(24)36)29-16-22(18-9-5-3-6-10-18)19-11-7-4-8-12-19/h3-14,17,20-22H,2,15-16H2,1H3,(H,29,31,32)/t20-,21+/m0/s1. The molecule has 10 heteroatoms. The van der Waals surface area contributed by atoms with E-state index in [1.165, 1.54) is 11.1 Å². The smallest absolute Gasteiger partial charge is 0.226 e. The molecule has 0 saturated heterocycles. The molecule has 3 aromatic heterocycles. The molecular weight excluding hydrogens is 486 g/mol. The van der Waals surface area contributed by atoms with E-state index in [4.69, 9.17) is 11.6 Å². The number of aryl methyl sites for hydroxylation is 1. The second kappa shape index (κ2) is 10.1. The van der Waals surface area contributed by atoms with Crippen LogP contribution in [0.2, 0.25) is 5.28 Å². The Morgan fingerprint density at radius 3 is 2.35 bits per heavy atom. The van der Waals surface area contributed by atoms with Crippen molar-refractivity contribution in [2.45, 2.75) is 37.8 Å². The molecule has 9 nitrogen and oxygen atoms in total. The van der Waals surface area contributed by atoms with Crippen molar-refractivity contribution in [1.82, 2.24) is 39.7 Å². The molecule has 0 saturated carbocycles. The third-order valence-electron chi connectivity index (χ3n) is 6.75. The molecule has 0 fully saturated rings. The van der Waals surface area contributed by atoms with Gasteiger partial charge in [0.2, 0.25) is 5.28 Å². The van der Waals surface area contributed by atoms with Crippen molar-refractivity contribution in [3.63, 3.8) is 0 Å². The van der Waals surface area contributed by atoms with Crippen molar-refractivity contribution >= 4 is 28.6 Å². The third kappa shape index (κ3) is 4.70. The molecule has 0 unspecified atom stereocenters. The first kappa shape index (κ1) is 23.3. The van der Waals surface area contributed by atoms with Gasteiger partial charge in [0.1, 0.15) is 0 Å². The molecule has 1 aliphatic rings. The number of aromatic nitrogens is 8. The summed E-state index contributed by atoms with van der Waals surface area (Å²) in [6.45, 7) is 2.65. The predicted molar refractivity (Wildman–Crippen MR) is 143 cm³/mol. The van der Waals surface area contributed by atoms with Crippen molar-refractivity contribution in [2.24, 2.45) is 0 Å². The van der Waals surface area contributed by atoms with Gasteiger partial charge in [0, 0.05) is 18.9 Å². The molecule has 0 bridgehead atoms. The number of anilines is 1. The van der Waals surface area contributed by atoms with Gasteiger partial charge in [-0.05, 0) is 34.4 Å². The zero-order valence-corrected chi connectivity index (χ0v) is 21.1. The summed E-state index contributed by atoms with van der Waals surface area (Å²) >= 11 is 6.40. The lowest BCUT2D eigenvalue weighted by atomic mass is 9.91. The minimum atomic E-state index is 0.0302. The van der Waals surface area contributed by atoms with E-state index in [9.17, 15) is 0 Å². The van der Waals surface area contributed by atoms with Gasteiger partial charge < -0.3 is 9.88 Å². The maximum Gasteiger partial charge on any atom is 0.226 e. The molecule has 0 aliphatic heterocycles. The van der Waals surface area contributed by atoms with Gasteiger partial charge in [-0.3, -0.25) is 0 Å². The average molecular weight is 512 g/mol. The Kier molecular flexibility index (Phi) is 6.36. The second-order valence-corrected chi connectivity index (χ2v) is 9.39. The zero-order valence-electron chi connectivity index (χ0n) is 20.3. The van der Waals surface area contributed by atoms with Crippen LogP contribution in [0.5, 0.6) is 0 Å². The summed E-state index contributed by atoms with van der Waals surface area (Å²) in [5.41, 5.74) is 3.82. The van der Waals surface area contributed by atoms with Crippen LogP contribution in [-0.4, -0.2) is 46.3 Å². The van der Waals surface area contributed by atoms with E-state index >= 15 is 0 Å². The molecule has 37 heavy (non-hydrogen) atoms. The van der Waals surface area contributed by atoms with Crippen LogP contribution in [0.25, 0.3) is 11.2 Å². The van der Waals surface area contributed by atoms with Gasteiger partial charge in [0.05, 0.1) is 18.4 Å². The number of imidazole rings is 1. The van der Waals surface area contributed by atoms with E-state index in [-0.39, 0.29) is 23.3 Å². The zero-order chi connectivity index (χ0) is 25.2. The maximum absolute atomic E-state index is 6.40. The lowest BCUT2D eigenvalue weighted by Crippen LogP contribution is -2.15. The number of hydrogen-bond donors (Lipinski definition) is 1. The molecule has 1 aliphatic carbocycles.